The summed E-state index contributed by atoms with van der Waals surface area (Å²) in [6, 6.07) is -1.19. The number of aliphatic hydroxyl groups excluding tert-OH is 7. The van der Waals surface area contributed by atoms with Crippen molar-refractivity contribution in [2.75, 3.05) is 13.2 Å². The van der Waals surface area contributed by atoms with Crippen molar-refractivity contribution in [2.24, 2.45) is 0 Å². The summed E-state index contributed by atoms with van der Waals surface area (Å²) in [6.45, 7) is 3.39. The highest BCUT2D eigenvalue weighted by Crippen LogP contribution is 2.23. The Hall–Kier alpha value is -1.67. The largest absolute Gasteiger partial charge is 0.394 e. The van der Waals surface area contributed by atoms with Gasteiger partial charge in [-0.25, -0.2) is 0 Å². The molecule has 0 spiro atoms. The zero-order valence-electron chi connectivity index (χ0n) is 40.1. The number of amides is 1. The molecule has 1 rings (SSSR count). The molecule has 0 bridgehead atoms. The van der Waals surface area contributed by atoms with Crippen LogP contribution in [0.1, 0.15) is 219 Å². The Labute approximate surface area is 384 Å². The summed E-state index contributed by atoms with van der Waals surface area (Å²) in [6.07, 6.45) is 38.0. The lowest BCUT2D eigenvalue weighted by molar-refractivity contribution is -0.303. The van der Waals surface area contributed by atoms with E-state index in [0.717, 1.165) is 44.9 Å². The van der Waals surface area contributed by atoms with Crippen LogP contribution in [0.4, 0.5) is 0 Å². The molecule has 1 aliphatic rings. The highest BCUT2D eigenvalue weighted by molar-refractivity contribution is 5.80. The van der Waals surface area contributed by atoms with Crippen molar-refractivity contribution in [3.05, 3.63) is 36.5 Å². The molecule has 1 heterocycles. The van der Waals surface area contributed by atoms with Crippen molar-refractivity contribution in [3.63, 3.8) is 0 Å². The zero-order valence-corrected chi connectivity index (χ0v) is 40.1. The van der Waals surface area contributed by atoms with Gasteiger partial charge in [-0.1, -0.05) is 192 Å². The maximum atomic E-state index is 13.0. The first kappa shape index (κ1) is 59.3. The van der Waals surface area contributed by atoms with Crippen molar-refractivity contribution < 1.29 is 50.0 Å². The molecule has 0 saturated carbocycles. The van der Waals surface area contributed by atoms with E-state index < -0.39 is 74.2 Å². The molecule has 11 nitrogen and oxygen atoms in total. The summed E-state index contributed by atoms with van der Waals surface area (Å²) in [4.78, 5) is 13.0. The molecular formula is C52H97NO10. The summed E-state index contributed by atoms with van der Waals surface area (Å²) in [5, 5.41) is 75.6. The monoisotopic (exact) mass is 896 g/mol. The van der Waals surface area contributed by atoms with E-state index in [0.29, 0.717) is 19.3 Å². The van der Waals surface area contributed by atoms with E-state index in [1.807, 2.05) is 0 Å². The van der Waals surface area contributed by atoms with Crippen molar-refractivity contribution in [1.82, 2.24) is 5.32 Å². The van der Waals surface area contributed by atoms with E-state index in [1.54, 1.807) is 0 Å². The second kappa shape index (κ2) is 41.7. The fourth-order valence-corrected chi connectivity index (χ4v) is 8.12. The summed E-state index contributed by atoms with van der Waals surface area (Å²) < 4.78 is 11.1. The number of allylic oxidation sites excluding steroid dienone is 6. The van der Waals surface area contributed by atoms with Crippen molar-refractivity contribution in [2.45, 2.75) is 274 Å². The summed E-state index contributed by atoms with van der Waals surface area (Å²) in [5.74, 6) is -0.716. The van der Waals surface area contributed by atoms with Crippen LogP contribution < -0.4 is 5.32 Å². The zero-order chi connectivity index (χ0) is 46.2. The second-order valence-electron chi connectivity index (χ2n) is 18.2. The second-order valence-corrected chi connectivity index (χ2v) is 18.2. The van der Waals surface area contributed by atoms with Crippen LogP contribution in [0.15, 0.2) is 36.5 Å². The minimum absolute atomic E-state index is 0.242. The van der Waals surface area contributed by atoms with Crippen molar-refractivity contribution in [1.29, 1.82) is 0 Å². The smallest absolute Gasteiger partial charge is 0.249 e. The minimum Gasteiger partial charge on any atom is -0.394 e. The molecular weight excluding hydrogens is 799 g/mol. The standard InChI is InChI=1S/C52H97NO10/c1-3-5-7-9-11-13-14-15-16-17-18-19-20-21-22-23-24-25-26-27-28-29-30-32-33-35-37-39-44(55)47(57)43(42-62-52-50(60)49(59)48(58)46(41-54)63-52)53-51(61)45(56)40-38-36-34-31-12-10-8-6-4-2/h23-24,27-28,32-33,43-50,52,54-60H,3-22,25-26,29-31,34-42H2,1-2H3,(H,53,61)/b24-23+,28-27+,33-32+. The number of unbranched alkanes of at least 4 members (excludes halogenated alkanes) is 25. The highest BCUT2D eigenvalue weighted by atomic mass is 16.7. The van der Waals surface area contributed by atoms with Gasteiger partial charge in [-0.15, -0.1) is 0 Å². The van der Waals surface area contributed by atoms with Gasteiger partial charge in [0, 0.05) is 0 Å². The van der Waals surface area contributed by atoms with Gasteiger partial charge in [0.05, 0.1) is 25.4 Å². The molecule has 63 heavy (non-hydrogen) atoms. The van der Waals surface area contributed by atoms with E-state index in [2.05, 4.69) is 55.6 Å². The first-order valence-corrected chi connectivity index (χ1v) is 25.9. The van der Waals surface area contributed by atoms with E-state index in [-0.39, 0.29) is 12.8 Å². The number of carbonyl (C=O) groups is 1. The molecule has 370 valence electrons. The van der Waals surface area contributed by atoms with Gasteiger partial charge in [0.1, 0.15) is 36.6 Å². The highest BCUT2D eigenvalue weighted by Gasteiger charge is 2.44. The van der Waals surface area contributed by atoms with Crippen LogP contribution in [-0.4, -0.2) is 110 Å². The molecule has 8 N–H and O–H groups in total. The van der Waals surface area contributed by atoms with Crippen LogP contribution in [0.5, 0.6) is 0 Å². The van der Waals surface area contributed by atoms with E-state index in [1.165, 1.54) is 128 Å². The van der Waals surface area contributed by atoms with Crippen molar-refractivity contribution >= 4 is 5.91 Å². The quantitative estimate of drug-likeness (QED) is 0.0216. The average molecular weight is 896 g/mol. The average Bonchev–Trinajstić information content (AvgIpc) is 3.28. The van der Waals surface area contributed by atoms with Gasteiger partial charge in [-0.05, 0) is 64.2 Å². The van der Waals surface area contributed by atoms with Crippen LogP contribution in [0.2, 0.25) is 0 Å². The molecule has 1 fully saturated rings. The maximum Gasteiger partial charge on any atom is 0.249 e. The fourth-order valence-electron chi connectivity index (χ4n) is 8.12. The number of ether oxygens (including phenoxy) is 2. The Balaban J connectivity index is 2.34. The molecule has 11 heteroatoms. The van der Waals surface area contributed by atoms with E-state index >= 15 is 0 Å². The molecule has 1 amide bonds. The van der Waals surface area contributed by atoms with Crippen LogP contribution in [0.3, 0.4) is 0 Å². The molecule has 0 aromatic carbocycles. The fraction of sp³-hybridized carbons (Fsp3) is 0.865. The molecule has 1 aliphatic heterocycles. The lowest BCUT2D eigenvalue weighted by Gasteiger charge is -2.40. The summed E-state index contributed by atoms with van der Waals surface area (Å²) in [7, 11) is 0. The first-order chi connectivity index (χ1) is 30.7. The molecule has 0 radical (unpaired) electrons. The predicted molar refractivity (Wildman–Crippen MR) is 256 cm³/mol. The Morgan fingerprint density at radius 2 is 0.952 bits per heavy atom. The Morgan fingerprint density at radius 3 is 1.41 bits per heavy atom. The molecule has 0 aromatic rings. The normalized spacial score (nSPS) is 21.4. The van der Waals surface area contributed by atoms with E-state index in [9.17, 15) is 40.5 Å². The Morgan fingerprint density at radius 1 is 0.540 bits per heavy atom. The van der Waals surface area contributed by atoms with Crippen molar-refractivity contribution in [3.8, 4) is 0 Å². The number of aliphatic hydroxyl groups is 7. The maximum absolute atomic E-state index is 13.0. The summed E-state index contributed by atoms with van der Waals surface area (Å²) >= 11 is 0. The third-order valence-corrected chi connectivity index (χ3v) is 12.4. The molecule has 9 atom stereocenters. The lowest BCUT2D eigenvalue weighted by atomic mass is 9.98. The number of rotatable bonds is 43. The topological polar surface area (TPSA) is 189 Å². The van der Waals surface area contributed by atoms with E-state index in [4.69, 9.17) is 9.47 Å². The van der Waals surface area contributed by atoms with Gasteiger partial charge in [0.15, 0.2) is 6.29 Å². The predicted octanol–water partition coefficient (Wildman–Crippen LogP) is 9.56. The van der Waals surface area contributed by atoms with Gasteiger partial charge in [0.25, 0.3) is 0 Å². The van der Waals surface area contributed by atoms with Crippen LogP contribution in [0.25, 0.3) is 0 Å². The SMILES string of the molecule is CCCCCCCCCCCCCCCC/C=C/CC/C=C/CC/C=C/CCCC(O)C(O)C(COC1OC(CO)C(O)C(O)C1O)NC(=O)C(O)CCCCCCCCCCC. The minimum atomic E-state index is -1.67. The number of hydrogen-bond donors (Lipinski definition) is 8. The Bertz CT molecular complexity index is 1120. The number of hydrogen-bond acceptors (Lipinski definition) is 10. The Kier molecular flexibility index (Phi) is 39.3. The third kappa shape index (κ3) is 31.0. The van der Waals surface area contributed by atoms with Gasteiger partial charge in [-0.2, -0.15) is 0 Å². The van der Waals surface area contributed by atoms with Crippen LogP contribution in [-0.2, 0) is 14.3 Å². The van der Waals surface area contributed by atoms with Gasteiger partial charge in [-0.3, -0.25) is 4.79 Å². The lowest BCUT2D eigenvalue weighted by Crippen LogP contribution is -2.60. The molecule has 9 unspecified atom stereocenters. The van der Waals surface area contributed by atoms with Gasteiger partial charge >= 0.3 is 0 Å². The van der Waals surface area contributed by atoms with Gasteiger partial charge < -0.3 is 50.5 Å². The van der Waals surface area contributed by atoms with Crippen LogP contribution in [0, 0.1) is 0 Å². The molecule has 1 saturated heterocycles. The van der Waals surface area contributed by atoms with Gasteiger partial charge in [0.2, 0.25) is 5.91 Å². The third-order valence-electron chi connectivity index (χ3n) is 12.4. The molecule has 0 aliphatic carbocycles. The first-order valence-electron chi connectivity index (χ1n) is 25.9. The number of carbonyl (C=O) groups excluding carboxylic acids is 1. The summed E-state index contributed by atoms with van der Waals surface area (Å²) in [5.41, 5.74) is 0. The van der Waals surface area contributed by atoms with Crippen LogP contribution >= 0.6 is 0 Å². The molecule has 0 aromatic heterocycles. The number of nitrogens with one attached hydrogen (secondary N) is 1.